The molecule has 17 aromatic rings. The van der Waals surface area contributed by atoms with Gasteiger partial charge >= 0.3 is 0 Å². The molecule has 0 saturated heterocycles. The highest BCUT2D eigenvalue weighted by molar-refractivity contribution is 9.10. The Morgan fingerprint density at radius 1 is 0.211 bits per heavy atom. The number of pyridine rings is 1. The van der Waals surface area contributed by atoms with Gasteiger partial charge in [-0.25, -0.2) is 0 Å². The smallest absolute Gasteiger partial charge is 0.179 e. The molecule has 0 N–H and O–H groups in total. The second-order valence-electron chi connectivity index (χ2n) is 23.1. The molecule has 0 aliphatic rings. The highest BCUT2D eigenvalue weighted by Gasteiger charge is 2.43. The van der Waals surface area contributed by atoms with Gasteiger partial charge in [0, 0.05) is 66.2 Å². The van der Waals surface area contributed by atoms with Crippen molar-refractivity contribution < 1.29 is 0 Å². The summed E-state index contributed by atoms with van der Waals surface area (Å²) in [4.78, 5) is 4.46. The Morgan fingerprint density at radius 2 is 0.433 bits per heavy atom. The fourth-order valence-electron chi connectivity index (χ4n) is 14.5. The Hall–Kier alpha value is -10.7. The van der Waals surface area contributed by atoms with Crippen molar-refractivity contribution >= 4 is 139 Å². The number of rotatable bonds is 11. The number of halogens is 1. The Balaban J connectivity index is 0.000000150. The Morgan fingerprint density at radius 3 is 0.722 bits per heavy atom. The van der Waals surface area contributed by atoms with E-state index in [0.29, 0.717) is 0 Å². The van der Waals surface area contributed by atoms with Crippen LogP contribution in [0.2, 0.25) is 0 Å². The van der Waals surface area contributed by atoms with Crippen LogP contribution in [0.4, 0.5) is 0 Å². The molecule has 0 unspecified atom stereocenters. The number of hydrogen-bond donors (Lipinski definition) is 0. The van der Waals surface area contributed by atoms with Crippen LogP contribution < -0.4 is 41.5 Å². The molecule has 426 valence electrons. The van der Waals surface area contributed by atoms with Crippen molar-refractivity contribution in [2.24, 2.45) is 0 Å². The molecule has 0 spiro atoms. The lowest BCUT2D eigenvalue weighted by atomic mass is 10.2. The normalized spacial score (nSPS) is 11.8. The third-order valence-corrected chi connectivity index (χ3v) is 28.5. The van der Waals surface area contributed by atoms with Gasteiger partial charge in [-0.2, -0.15) is 0 Å². The van der Waals surface area contributed by atoms with Crippen molar-refractivity contribution in [3.63, 3.8) is 0 Å². The molecule has 17 rings (SSSR count). The molecule has 4 heterocycles. The number of nitrogens with zero attached hydrogens (tertiary/aromatic N) is 4. The first-order valence-corrected chi connectivity index (χ1v) is 35.5. The van der Waals surface area contributed by atoms with Crippen LogP contribution in [0.1, 0.15) is 0 Å². The zero-order valence-corrected chi connectivity index (χ0v) is 52.8. The lowest BCUT2D eigenvalue weighted by Gasteiger charge is -2.34. The predicted octanol–water partition coefficient (Wildman–Crippen LogP) is 15.6. The number of hydrogen-bond acceptors (Lipinski definition) is 1. The van der Waals surface area contributed by atoms with Gasteiger partial charge in [0.25, 0.3) is 0 Å². The van der Waals surface area contributed by atoms with E-state index in [9.17, 15) is 0 Å². The Labute approximate surface area is 533 Å². The molecule has 0 saturated carbocycles. The van der Waals surface area contributed by atoms with Gasteiger partial charge in [-0.3, -0.25) is 4.98 Å². The summed E-state index contributed by atoms with van der Waals surface area (Å²) < 4.78 is 8.25. The van der Waals surface area contributed by atoms with E-state index in [1.54, 1.807) is 0 Å². The third kappa shape index (κ3) is 9.03. The molecule has 0 amide bonds. The van der Waals surface area contributed by atoms with Gasteiger partial charge in [-0.05, 0) is 126 Å². The maximum atomic E-state index is 4.46. The number of fused-ring (bicyclic) bond motifs is 9. The van der Waals surface area contributed by atoms with Crippen LogP contribution in [0.3, 0.4) is 0 Å². The van der Waals surface area contributed by atoms with E-state index >= 15 is 0 Å². The zero-order chi connectivity index (χ0) is 60.0. The summed E-state index contributed by atoms with van der Waals surface area (Å²) >= 11 is 3.66. The van der Waals surface area contributed by atoms with E-state index in [0.717, 1.165) is 26.8 Å². The molecule has 4 aromatic heterocycles. The monoisotopic (exact) mass is 1250 g/mol. The van der Waals surface area contributed by atoms with Gasteiger partial charge < -0.3 is 13.7 Å². The molecule has 4 nitrogen and oxygen atoms in total. The van der Waals surface area contributed by atoms with Crippen LogP contribution in [0.25, 0.3) is 82.5 Å². The fraction of sp³-hybridized carbons (Fsp3) is 0. The molecule has 0 atom stereocenters. The van der Waals surface area contributed by atoms with E-state index < -0.39 is 16.1 Å². The Bertz CT molecular complexity index is 5000. The average Bonchev–Trinajstić information content (AvgIpc) is 0.832. The highest BCUT2D eigenvalue weighted by Crippen LogP contribution is 2.35. The van der Waals surface area contributed by atoms with Gasteiger partial charge in [0.15, 0.2) is 16.1 Å². The van der Waals surface area contributed by atoms with Crippen LogP contribution in [-0.4, -0.2) is 34.8 Å². The summed E-state index contributed by atoms with van der Waals surface area (Å²) in [5.74, 6) is 0. The summed E-state index contributed by atoms with van der Waals surface area (Å²) in [7, 11) is -5.33. The zero-order valence-electron chi connectivity index (χ0n) is 49.2. The average molecular weight is 1250 g/mol. The van der Waals surface area contributed by atoms with E-state index in [-0.39, 0.29) is 0 Å². The van der Waals surface area contributed by atoms with Crippen LogP contribution in [0.5, 0.6) is 0 Å². The quantitative estimate of drug-likeness (QED) is 0.0937. The van der Waals surface area contributed by atoms with Crippen LogP contribution in [-0.2, 0) is 0 Å². The van der Waals surface area contributed by atoms with Crippen LogP contribution in [0.15, 0.2) is 363 Å². The van der Waals surface area contributed by atoms with E-state index in [1.807, 2.05) is 12.4 Å². The Kier molecular flexibility index (Phi) is 14.0. The minimum Gasteiger partial charge on any atom is -0.309 e. The summed E-state index contributed by atoms with van der Waals surface area (Å²) in [5, 5.41) is 18.4. The number of aromatic nitrogens is 4. The first-order chi connectivity index (χ1) is 44.6. The lowest BCUT2D eigenvalue weighted by molar-refractivity contribution is 1.18. The van der Waals surface area contributed by atoms with Crippen molar-refractivity contribution in [2.75, 3.05) is 0 Å². The fourth-order valence-corrected chi connectivity index (χ4v) is 24.2. The second-order valence-corrected chi connectivity index (χ2v) is 31.6. The molecule has 7 heteroatoms. The maximum absolute atomic E-state index is 4.46. The van der Waals surface area contributed by atoms with E-state index in [1.165, 1.54) is 102 Å². The van der Waals surface area contributed by atoms with Crippen LogP contribution in [0, 0.1) is 0 Å². The molecule has 0 radical (unpaired) electrons. The largest absolute Gasteiger partial charge is 0.309 e. The molecule has 0 aliphatic heterocycles. The van der Waals surface area contributed by atoms with Crippen molar-refractivity contribution in [3.05, 3.63) is 363 Å². The molecular weight excluding hydrogens is 1190 g/mol. The first kappa shape index (κ1) is 54.7. The molecule has 13 aromatic carbocycles. The third-order valence-electron chi connectivity index (χ3n) is 18.4. The van der Waals surface area contributed by atoms with E-state index in [4.69, 9.17) is 0 Å². The van der Waals surface area contributed by atoms with Crippen molar-refractivity contribution in [1.29, 1.82) is 0 Å². The first-order valence-electron chi connectivity index (χ1n) is 30.7. The van der Waals surface area contributed by atoms with Crippen LogP contribution >= 0.6 is 15.9 Å². The van der Waals surface area contributed by atoms with Gasteiger partial charge in [0.2, 0.25) is 0 Å². The van der Waals surface area contributed by atoms with E-state index in [2.05, 4.69) is 380 Å². The highest BCUT2D eigenvalue weighted by atomic mass is 79.9. The van der Waals surface area contributed by atoms with Gasteiger partial charge in [0.05, 0.1) is 33.1 Å². The molecule has 0 fully saturated rings. The lowest BCUT2D eigenvalue weighted by Crippen LogP contribution is -2.74. The predicted molar refractivity (Wildman–Crippen MR) is 389 cm³/mol. The van der Waals surface area contributed by atoms with Gasteiger partial charge in [-0.1, -0.05) is 277 Å². The number of benzene rings is 13. The van der Waals surface area contributed by atoms with Gasteiger partial charge in [-0.15, -0.1) is 0 Å². The van der Waals surface area contributed by atoms with Crippen molar-refractivity contribution in [1.82, 2.24) is 18.7 Å². The maximum Gasteiger partial charge on any atom is 0.179 e. The topological polar surface area (TPSA) is 27.7 Å². The summed E-state index contributed by atoms with van der Waals surface area (Å²) in [6, 6.07) is 127. The van der Waals surface area contributed by atoms with Gasteiger partial charge in [0.1, 0.15) is 0 Å². The van der Waals surface area contributed by atoms with Crippen molar-refractivity contribution in [3.8, 4) is 17.1 Å². The standard InChI is InChI=1S/C47H33N3Si.C36H26BrNSi/c1-3-13-36(14-4-1)51(37-15-5-2-6-16-37,38-27-23-34(24-28-38)49-44-20-10-7-17-40(44)41-18-8-11-21-45(41)49)39-29-25-35(26-30-39)50-46-22-12-9-19-42(46)43-33-48-32-31-47(43)50;37-27-19-23-31(24-20-27)39(29-11-3-1-4-12-29,30-13-5-2-6-14-30)32-25-21-28(22-26-32)38-35-17-9-7-15-33(35)34-16-8-10-18-36(34)38/h1-33H;1-26H. The number of para-hydroxylation sites is 5. The SMILES string of the molecule is Brc1ccc([Si](c2ccccc2)(c2ccccc2)c2ccc(-n3c4ccccc4c4ccccc43)cc2)cc1.c1ccc([Si](c2ccccc2)(c2ccc(-n3c4ccccc4c4ccccc43)cc2)c2ccc(-n3c4ccccc4c4cnccc43)cc2)cc1. The second kappa shape index (κ2) is 23.1. The molecule has 0 aliphatic carbocycles. The summed E-state index contributed by atoms with van der Waals surface area (Å²) in [6.45, 7) is 0. The summed E-state index contributed by atoms with van der Waals surface area (Å²) in [6.07, 6.45) is 3.87. The molecular formula is C83H59BrN4Si2. The summed E-state index contributed by atoms with van der Waals surface area (Å²) in [5.41, 5.74) is 10.7. The molecule has 0 bridgehead atoms. The molecule has 90 heavy (non-hydrogen) atoms. The minimum atomic E-state index is -2.76. The minimum absolute atomic E-state index is 1.09. The van der Waals surface area contributed by atoms with Crippen molar-refractivity contribution in [2.45, 2.75) is 0 Å².